The van der Waals surface area contributed by atoms with Crippen molar-refractivity contribution in [3.8, 4) is 0 Å². The molecule has 1 aliphatic rings. The maximum atomic E-state index is 12.3. The quantitative estimate of drug-likeness (QED) is 0.845. The number of carbonyl (C=O) groups is 1. The number of β-amino-alcohol motifs (C(OH)–C–C–N with tert-alkyl or cyclic N) is 1. The fourth-order valence-electron chi connectivity index (χ4n) is 2.50. The second kappa shape index (κ2) is 5.53. The first-order chi connectivity index (χ1) is 10.1. The van der Waals surface area contributed by atoms with Crippen LogP contribution in [0.25, 0.3) is 0 Å². The monoisotopic (exact) mass is 307 g/mol. The van der Waals surface area contributed by atoms with Crippen LogP contribution >= 0.6 is 11.3 Å². The van der Waals surface area contributed by atoms with E-state index in [0.29, 0.717) is 25.3 Å². The molecule has 1 saturated heterocycles. The van der Waals surface area contributed by atoms with Gasteiger partial charge in [0, 0.05) is 11.3 Å². The Morgan fingerprint density at radius 1 is 1.52 bits per heavy atom. The van der Waals surface area contributed by atoms with Crippen LogP contribution in [0.2, 0.25) is 0 Å². The van der Waals surface area contributed by atoms with Crippen molar-refractivity contribution in [1.29, 1.82) is 0 Å². The van der Waals surface area contributed by atoms with E-state index >= 15 is 0 Å². The molecular weight excluding hydrogens is 290 g/mol. The van der Waals surface area contributed by atoms with Gasteiger partial charge in [0.1, 0.15) is 5.60 Å². The van der Waals surface area contributed by atoms with Crippen molar-refractivity contribution in [2.75, 3.05) is 13.1 Å². The van der Waals surface area contributed by atoms with Crippen molar-refractivity contribution in [1.82, 2.24) is 25.5 Å². The van der Waals surface area contributed by atoms with Gasteiger partial charge in [-0.3, -0.25) is 4.79 Å². The number of tetrazole rings is 1. The lowest BCUT2D eigenvalue weighted by atomic mass is 9.90. The summed E-state index contributed by atoms with van der Waals surface area (Å²) < 4.78 is 0. The molecule has 3 rings (SSSR count). The van der Waals surface area contributed by atoms with Crippen LogP contribution in [-0.4, -0.2) is 55.2 Å². The van der Waals surface area contributed by atoms with E-state index in [9.17, 15) is 9.90 Å². The molecule has 0 radical (unpaired) electrons. The summed E-state index contributed by atoms with van der Waals surface area (Å²) in [5.41, 5.74) is -0.941. The first kappa shape index (κ1) is 14.2. The molecule has 0 spiro atoms. The number of hydrogen-bond acceptors (Lipinski definition) is 6. The van der Waals surface area contributed by atoms with Crippen LogP contribution in [0.3, 0.4) is 0 Å². The molecule has 0 unspecified atom stereocenters. The molecule has 8 heteroatoms. The van der Waals surface area contributed by atoms with Crippen molar-refractivity contribution >= 4 is 17.2 Å². The Kier molecular flexibility index (Phi) is 3.73. The van der Waals surface area contributed by atoms with Gasteiger partial charge in [-0.15, -0.1) is 21.5 Å². The van der Waals surface area contributed by atoms with Gasteiger partial charge in [0.25, 0.3) is 5.91 Å². The summed E-state index contributed by atoms with van der Waals surface area (Å²) in [6.45, 7) is 2.73. The fourth-order valence-corrected chi connectivity index (χ4v) is 3.58. The average molecular weight is 307 g/mol. The van der Waals surface area contributed by atoms with Crippen LogP contribution in [0.5, 0.6) is 0 Å². The van der Waals surface area contributed by atoms with Gasteiger partial charge in [0.15, 0.2) is 5.82 Å². The molecule has 0 atom stereocenters. The van der Waals surface area contributed by atoms with Crippen LogP contribution in [0.1, 0.15) is 33.7 Å². The highest BCUT2D eigenvalue weighted by atomic mass is 32.1. The van der Waals surface area contributed by atoms with Gasteiger partial charge in [-0.1, -0.05) is 18.6 Å². The number of H-pyrrole nitrogens is 1. The molecule has 0 aromatic carbocycles. The number of nitrogens with one attached hydrogen (secondary N) is 1. The highest BCUT2D eigenvalue weighted by Crippen LogP contribution is 2.28. The van der Waals surface area contributed by atoms with Gasteiger partial charge >= 0.3 is 0 Å². The zero-order valence-electron chi connectivity index (χ0n) is 11.7. The number of aromatic nitrogens is 4. The second-order valence-electron chi connectivity index (χ2n) is 5.41. The number of thiophene rings is 1. The molecule has 0 saturated carbocycles. The van der Waals surface area contributed by atoms with Crippen LogP contribution in [0.15, 0.2) is 12.1 Å². The van der Waals surface area contributed by atoms with E-state index in [1.54, 1.807) is 4.90 Å². The number of carbonyl (C=O) groups excluding carboxylic acids is 1. The summed E-state index contributed by atoms with van der Waals surface area (Å²) in [6.07, 6.45) is 2.38. The van der Waals surface area contributed by atoms with Crippen LogP contribution in [0.4, 0.5) is 0 Å². The molecule has 1 amide bonds. The summed E-state index contributed by atoms with van der Waals surface area (Å²) in [5, 5.41) is 23.8. The normalized spacial score (nSPS) is 16.8. The summed E-state index contributed by atoms with van der Waals surface area (Å²) in [5.74, 6) is 0.450. The molecular formula is C13H17N5O2S. The van der Waals surface area contributed by atoms with Crippen molar-refractivity contribution in [3.05, 3.63) is 27.7 Å². The fraction of sp³-hybridized carbons (Fsp3) is 0.538. The minimum Gasteiger partial charge on any atom is -0.386 e. The lowest BCUT2D eigenvalue weighted by Gasteiger charge is -2.45. The molecule has 3 heterocycles. The zero-order valence-corrected chi connectivity index (χ0v) is 12.6. The Bertz CT molecular complexity index is 618. The van der Waals surface area contributed by atoms with E-state index in [-0.39, 0.29) is 5.91 Å². The SMILES string of the molecule is CCCc1ccc(C(=O)N2CC(O)(Cc3nn[nH]n3)C2)s1. The number of rotatable bonds is 5. The summed E-state index contributed by atoms with van der Waals surface area (Å²) >= 11 is 1.54. The smallest absolute Gasteiger partial charge is 0.264 e. The topological polar surface area (TPSA) is 95.0 Å². The molecule has 2 N–H and O–H groups in total. The maximum absolute atomic E-state index is 12.3. The zero-order chi connectivity index (χ0) is 14.9. The van der Waals surface area contributed by atoms with Crippen LogP contribution in [0, 0.1) is 0 Å². The molecule has 7 nitrogen and oxygen atoms in total. The first-order valence-corrected chi connectivity index (χ1v) is 7.74. The lowest BCUT2D eigenvalue weighted by molar-refractivity contribution is -0.0809. The second-order valence-corrected chi connectivity index (χ2v) is 6.57. The summed E-state index contributed by atoms with van der Waals surface area (Å²) in [4.78, 5) is 15.9. The Labute approximate surface area is 126 Å². The number of aryl methyl sites for hydroxylation is 1. The molecule has 0 bridgehead atoms. The van der Waals surface area contributed by atoms with Gasteiger partial charge in [-0.2, -0.15) is 5.21 Å². The highest BCUT2D eigenvalue weighted by molar-refractivity contribution is 7.14. The third-order valence-electron chi connectivity index (χ3n) is 3.50. The third-order valence-corrected chi connectivity index (χ3v) is 4.64. The number of nitrogens with zero attached hydrogens (tertiary/aromatic N) is 4. The number of hydrogen-bond donors (Lipinski definition) is 2. The van der Waals surface area contributed by atoms with Gasteiger partial charge in [-0.25, -0.2) is 0 Å². The third kappa shape index (κ3) is 2.96. The molecule has 1 fully saturated rings. The Morgan fingerprint density at radius 2 is 2.33 bits per heavy atom. The average Bonchev–Trinajstić information content (AvgIpc) is 3.07. The van der Waals surface area contributed by atoms with E-state index in [4.69, 9.17) is 0 Å². The molecule has 2 aromatic rings. The standard InChI is InChI=1S/C13H17N5O2S/c1-2-3-9-4-5-10(21-9)12(19)18-7-13(20,8-18)6-11-14-16-17-15-11/h4-5,20H,2-3,6-8H2,1H3,(H,14,15,16,17). The molecule has 1 aliphatic heterocycles. The van der Waals surface area contributed by atoms with Crippen LogP contribution in [-0.2, 0) is 12.8 Å². The van der Waals surface area contributed by atoms with Gasteiger partial charge in [0.05, 0.1) is 18.0 Å². The summed E-state index contributed by atoms with van der Waals surface area (Å²) in [6, 6.07) is 3.88. The minimum absolute atomic E-state index is 0.0138. The maximum Gasteiger partial charge on any atom is 0.264 e. The van der Waals surface area contributed by atoms with Crippen molar-refractivity contribution < 1.29 is 9.90 Å². The lowest BCUT2D eigenvalue weighted by Crippen LogP contribution is -2.64. The van der Waals surface area contributed by atoms with Gasteiger partial charge in [-0.05, 0) is 18.6 Å². The Hall–Kier alpha value is -1.80. The number of amides is 1. The van der Waals surface area contributed by atoms with E-state index < -0.39 is 5.60 Å². The number of aromatic amines is 1. The van der Waals surface area contributed by atoms with E-state index in [2.05, 4.69) is 27.5 Å². The van der Waals surface area contributed by atoms with E-state index in [1.165, 1.54) is 16.2 Å². The number of likely N-dealkylation sites (tertiary alicyclic amines) is 1. The number of aliphatic hydroxyl groups is 1. The Balaban J connectivity index is 1.58. The van der Waals surface area contributed by atoms with E-state index in [1.807, 2.05) is 12.1 Å². The minimum atomic E-state index is -0.941. The molecule has 0 aliphatic carbocycles. The summed E-state index contributed by atoms with van der Waals surface area (Å²) in [7, 11) is 0. The first-order valence-electron chi connectivity index (χ1n) is 6.92. The van der Waals surface area contributed by atoms with Gasteiger partial charge < -0.3 is 10.0 Å². The molecule has 21 heavy (non-hydrogen) atoms. The van der Waals surface area contributed by atoms with Crippen molar-refractivity contribution in [3.63, 3.8) is 0 Å². The van der Waals surface area contributed by atoms with Gasteiger partial charge in [0.2, 0.25) is 0 Å². The van der Waals surface area contributed by atoms with Crippen LogP contribution < -0.4 is 0 Å². The predicted octanol–water partition coefficient (Wildman–Crippen LogP) is 0.643. The van der Waals surface area contributed by atoms with Crippen molar-refractivity contribution in [2.45, 2.75) is 31.8 Å². The highest BCUT2D eigenvalue weighted by Gasteiger charge is 2.44. The largest absolute Gasteiger partial charge is 0.386 e. The molecule has 112 valence electrons. The predicted molar refractivity (Wildman–Crippen MR) is 77.0 cm³/mol. The van der Waals surface area contributed by atoms with E-state index in [0.717, 1.165) is 17.7 Å². The Morgan fingerprint density at radius 3 is 3.00 bits per heavy atom. The van der Waals surface area contributed by atoms with Crippen molar-refractivity contribution in [2.24, 2.45) is 0 Å². The molecule has 2 aromatic heterocycles.